The molecule has 0 aliphatic carbocycles. The maximum Gasteiger partial charge on any atom is 0.138 e. The minimum Gasteiger partial charge on any atom is -0.377 e. The van der Waals surface area contributed by atoms with Crippen molar-refractivity contribution in [3.8, 4) is 0 Å². The van der Waals surface area contributed by atoms with Crippen molar-refractivity contribution in [2.45, 2.75) is 65.6 Å². The summed E-state index contributed by atoms with van der Waals surface area (Å²) in [5, 5.41) is 7.84. The van der Waals surface area contributed by atoms with Gasteiger partial charge in [0.2, 0.25) is 0 Å². The highest BCUT2D eigenvalue weighted by Gasteiger charge is 2.19. The van der Waals surface area contributed by atoms with Gasteiger partial charge in [0.05, 0.1) is 6.10 Å². The average molecular weight is 268 g/mol. The van der Waals surface area contributed by atoms with E-state index < -0.39 is 0 Å². The fourth-order valence-electron chi connectivity index (χ4n) is 2.15. The summed E-state index contributed by atoms with van der Waals surface area (Å²) in [5.41, 5.74) is 0. The van der Waals surface area contributed by atoms with E-state index in [0.717, 1.165) is 44.8 Å². The third kappa shape index (κ3) is 5.28. The molecule has 0 amide bonds. The lowest BCUT2D eigenvalue weighted by Gasteiger charge is -2.25. The van der Waals surface area contributed by atoms with Gasteiger partial charge >= 0.3 is 0 Å². The van der Waals surface area contributed by atoms with Gasteiger partial charge in [0, 0.05) is 25.6 Å². The summed E-state index contributed by atoms with van der Waals surface area (Å²) in [6.45, 7) is 11.2. The van der Waals surface area contributed by atoms with Gasteiger partial charge in [-0.05, 0) is 33.2 Å². The van der Waals surface area contributed by atoms with E-state index in [1.165, 1.54) is 0 Å². The van der Waals surface area contributed by atoms with E-state index in [0.29, 0.717) is 6.04 Å². The minimum absolute atomic E-state index is 0.184. The molecule has 5 nitrogen and oxygen atoms in total. The molecule has 0 aliphatic heterocycles. The molecule has 1 aromatic rings. The van der Waals surface area contributed by atoms with Crippen LogP contribution in [0.5, 0.6) is 0 Å². The standard InChI is InChI=1S/C14H28N4O/c1-5-8-15-13(12(4)19-7-3)10-14-16-11-17-18(14)9-6-2/h11-13,15H,5-10H2,1-4H3. The van der Waals surface area contributed by atoms with E-state index in [2.05, 4.69) is 36.2 Å². The molecule has 1 rings (SSSR count). The van der Waals surface area contributed by atoms with E-state index in [1.54, 1.807) is 6.33 Å². The molecule has 0 fully saturated rings. The Balaban J connectivity index is 2.66. The molecule has 19 heavy (non-hydrogen) atoms. The van der Waals surface area contributed by atoms with Gasteiger partial charge < -0.3 is 10.1 Å². The second-order valence-corrected chi connectivity index (χ2v) is 4.82. The van der Waals surface area contributed by atoms with Crippen molar-refractivity contribution in [3.05, 3.63) is 12.2 Å². The van der Waals surface area contributed by atoms with Gasteiger partial charge in [-0.1, -0.05) is 13.8 Å². The van der Waals surface area contributed by atoms with Crippen LogP contribution in [0.1, 0.15) is 46.4 Å². The summed E-state index contributed by atoms with van der Waals surface area (Å²) < 4.78 is 7.73. The van der Waals surface area contributed by atoms with Gasteiger partial charge in [-0.2, -0.15) is 5.10 Å². The molecule has 0 saturated heterocycles. The molecule has 2 atom stereocenters. The Morgan fingerprint density at radius 1 is 1.32 bits per heavy atom. The summed E-state index contributed by atoms with van der Waals surface area (Å²) in [6, 6.07) is 0.291. The predicted molar refractivity (Wildman–Crippen MR) is 77.2 cm³/mol. The van der Waals surface area contributed by atoms with Gasteiger partial charge in [0.1, 0.15) is 12.2 Å². The molecule has 0 saturated carbocycles. The van der Waals surface area contributed by atoms with E-state index in [1.807, 2.05) is 11.6 Å². The highest BCUT2D eigenvalue weighted by Crippen LogP contribution is 2.07. The normalized spacial score (nSPS) is 14.5. The van der Waals surface area contributed by atoms with Crippen LogP contribution in [0.3, 0.4) is 0 Å². The number of ether oxygens (including phenoxy) is 1. The minimum atomic E-state index is 0.184. The summed E-state index contributed by atoms with van der Waals surface area (Å²) in [5.74, 6) is 1.04. The first kappa shape index (κ1) is 16.1. The van der Waals surface area contributed by atoms with E-state index in [9.17, 15) is 0 Å². The van der Waals surface area contributed by atoms with Crippen LogP contribution in [0.15, 0.2) is 6.33 Å². The Hall–Kier alpha value is -0.940. The maximum atomic E-state index is 5.73. The molecule has 0 bridgehead atoms. The largest absolute Gasteiger partial charge is 0.377 e. The molecule has 110 valence electrons. The monoisotopic (exact) mass is 268 g/mol. The van der Waals surface area contributed by atoms with Crippen molar-refractivity contribution in [1.82, 2.24) is 20.1 Å². The molecular weight excluding hydrogens is 240 g/mol. The van der Waals surface area contributed by atoms with Crippen LogP contribution in [0.2, 0.25) is 0 Å². The summed E-state index contributed by atoms with van der Waals surface area (Å²) >= 11 is 0. The van der Waals surface area contributed by atoms with E-state index >= 15 is 0 Å². The SMILES string of the molecule is CCCNC(Cc1ncnn1CCC)C(C)OCC. The number of nitrogens with one attached hydrogen (secondary N) is 1. The molecule has 5 heteroatoms. The number of hydrogen-bond donors (Lipinski definition) is 1. The van der Waals surface area contributed by atoms with Crippen molar-refractivity contribution >= 4 is 0 Å². The molecule has 0 aromatic carbocycles. The Morgan fingerprint density at radius 2 is 2.11 bits per heavy atom. The van der Waals surface area contributed by atoms with E-state index in [4.69, 9.17) is 4.74 Å². The zero-order valence-electron chi connectivity index (χ0n) is 12.7. The molecule has 1 aromatic heterocycles. The van der Waals surface area contributed by atoms with Gasteiger partial charge in [-0.25, -0.2) is 4.98 Å². The summed E-state index contributed by atoms with van der Waals surface area (Å²) in [4.78, 5) is 4.38. The lowest BCUT2D eigenvalue weighted by Crippen LogP contribution is -2.42. The van der Waals surface area contributed by atoms with Gasteiger partial charge in [0.15, 0.2) is 0 Å². The third-order valence-electron chi connectivity index (χ3n) is 3.19. The Labute approximate surface area is 116 Å². The van der Waals surface area contributed by atoms with Crippen LogP contribution in [0.4, 0.5) is 0 Å². The van der Waals surface area contributed by atoms with Crippen LogP contribution in [-0.2, 0) is 17.7 Å². The van der Waals surface area contributed by atoms with Gasteiger partial charge in [0.25, 0.3) is 0 Å². The first-order chi connectivity index (χ1) is 9.22. The van der Waals surface area contributed by atoms with Crippen molar-refractivity contribution in [2.24, 2.45) is 0 Å². The Bertz CT molecular complexity index is 340. The molecule has 1 N–H and O–H groups in total. The summed E-state index contributed by atoms with van der Waals surface area (Å²) in [7, 11) is 0. The molecule has 0 aliphatic rings. The highest BCUT2D eigenvalue weighted by molar-refractivity contribution is 4.92. The zero-order valence-corrected chi connectivity index (χ0v) is 12.7. The zero-order chi connectivity index (χ0) is 14.1. The van der Waals surface area contributed by atoms with Crippen molar-refractivity contribution < 1.29 is 4.74 Å². The first-order valence-corrected chi connectivity index (χ1v) is 7.44. The van der Waals surface area contributed by atoms with Crippen LogP contribution < -0.4 is 5.32 Å². The first-order valence-electron chi connectivity index (χ1n) is 7.44. The summed E-state index contributed by atoms with van der Waals surface area (Å²) in [6.07, 6.45) is 4.89. The number of rotatable bonds is 10. The topological polar surface area (TPSA) is 52.0 Å². The Kier molecular flexibility index (Phi) is 7.67. The number of nitrogens with zero attached hydrogens (tertiary/aromatic N) is 3. The van der Waals surface area contributed by atoms with Crippen molar-refractivity contribution in [1.29, 1.82) is 0 Å². The predicted octanol–water partition coefficient (Wildman–Crippen LogP) is 2.02. The number of aromatic nitrogens is 3. The molecule has 1 heterocycles. The second-order valence-electron chi connectivity index (χ2n) is 4.82. The van der Waals surface area contributed by atoms with Crippen LogP contribution >= 0.6 is 0 Å². The van der Waals surface area contributed by atoms with Crippen LogP contribution in [0, 0.1) is 0 Å². The van der Waals surface area contributed by atoms with Crippen molar-refractivity contribution in [3.63, 3.8) is 0 Å². The fraction of sp³-hybridized carbons (Fsp3) is 0.857. The molecular formula is C14H28N4O. The van der Waals surface area contributed by atoms with Crippen LogP contribution in [0.25, 0.3) is 0 Å². The number of aryl methyl sites for hydroxylation is 1. The van der Waals surface area contributed by atoms with Crippen LogP contribution in [-0.4, -0.2) is 40.1 Å². The molecule has 0 radical (unpaired) electrons. The Morgan fingerprint density at radius 3 is 2.74 bits per heavy atom. The fourth-order valence-corrected chi connectivity index (χ4v) is 2.15. The average Bonchev–Trinajstić information content (AvgIpc) is 2.82. The lowest BCUT2D eigenvalue weighted by molar-refractivity contribution is 0.0468. The number of hydrogen-bond acceptors (Lipinski definition) is 4. The van der Waals surface area contributed by atoms with Gasteiger partial charge in [-0.3, -0.25) is 4.68 Å². The second kappa shape index (κ2) is 9.04. The van der Waals surface area contributed by atoms with Crippen molar-refractivity contribution in [2.75, 3.05) is 13.2 Å². The third-order valence-corrected chi connectivity index (χ3v) is 3.19. The molecule has 0 spiro atoms. The molecule has 2 unspecified atom stereocenters. The quantitative estimate of drug-likeness (QED) is 0.705. The maximum absolute atomic E-state index is 5.73. The highest BCUT2D eigenvalue weighted by atomic mass is 16.5. The van der Waals surface area contributed by atoms with Gasteiger partial charge in [-0.15, -0.1) is 0 Å². The smallest absolute Gasteiger partial charge is 0.138 e. The van der Waals surface area contributed by atoms with E-state index in [-0.39, 0.29) is 6.10 Å². The lowest BCUT2D eigenvalue weighted by atomic mass is 10.1.